The Balaban J connectivity index is 1.24. The molecule has 3 heterocycles. The van der Waals surface area contributed by atoms with Gasteiger partial charge >= 0.3 is 6.03 Å². The van der Waals surface area contributed by atoms with Crippen molar-refractivity contribution in [3.8, 4) is 0 Å². The van der Waals surface area contributed by atoms with Crippen LogP contribution in [0.2, 0.25) is 0 Å². The first kappa shape index (κ1) is 16.2. The van der Waals surface area contributed by atoms with Crippen LogP contribution in [0.15, 0.2) is 5.38 Å². The van der Waals surface area contributed by atoms with Crippen molar-refractivity contribution in [3.05, 3.63) is 11.1 Å². The fraction of sp³-hybridized carbons (Fsp3) is 0.778. The first-order valence-corrected chi connectivity index (χ1v) is 10.4. The maximum absolute atomic E-state index is 12.5. The fourth-order valence-corrected chi connectivity index (χ4v) is 5.44. The van der Waals surface area contributed by atoms with Gasteiger partial charge in [-0.3, -0.25) is 0 Å². The number of urea groups is 1. The van der Waals surface area contributed by atoms with E-state index in [1.54, 1.807) is 11.3 Å². The molecule has 1 saturated carbocycles. The molecule has 2 saturated heterocycles. The van der Waals surface area contributed by atoms with Gasteiger partial charge in [0, 0.05) is 44.0 Å². The van der Waals surface area contributed by atoms with Crippen molar-refractivity contribution in [2.45, 2.75) is 57.4 Å². The minimum atomic E-state index is 0.138. The molecule has 2 amide bonds. The van der Waals surface area contributed by atoms with Gasteiger partial charge in [-0.15, -0.1) is 11.3 Å². The largest absolute Gasteiger partial charge is 0.348 e. The van der Waals surface area contributed by atoms with Crippen molar-refractivity contribution in [2.75, 3.05) is 31.1 Å². The highest BCUT2D eigenvalue weighted by Crippen LogP contribution is 2.36. The summed E-state index contributed by atoms with van der Waals surface area (Å²) in [5, 5.41) is 6.42. The van der Waals surface area contributed by atoms with Gasteiger partial charge in [-0.1, -0.05) is 12.8 Å². The Morgan fingerprint density at radius 3 is 2.88 bits per heavy atom. The third kappa shape index (κ3) is 3.39. The highest BCUT2D eigenvalue weighted by atomic mass is 32.1. The molecule has 0 spiro atoms. The van der Waals surface area contributed by atoms with Gasteiger partial charge in [0.2, 0.25) is 0 Å². The lowest BCUT2D eigenvalue weighted by molar-refractivity contribution is 0.170. The first-order valence-electron chi connectivity index (χ1n) is 9.55. The lowest BCUT2D eigenvalue weighted by atomic mass is 9.85. The highest BCUT2D eigenvalue weighted by molar-refractivity contribution is 7.13. The molecular formula is C18H28N4OS. The molecule has 1 aliphatic carbocycles. The van der Waals surface area contributed by atoms with Crippen molar-refractivity contribution in [2.24, 2.45) is 5.92 Å². The molecule has 3 fully saturated rings. The molecule has 1 N–H and O–H groups in total. The number of aromatic nitrogens is 1. The molecule has 0 unspecified atom stereocenters. The average Bonchev–Trinajstić information content (AvgIpc) is 3.34. The van der Waals surface area contributed by atoms with Crippen molar-refractivity contribution in [1.29, 1.82) is 0 Å². The maximum atomic E-state index is 12.5. The summed E-state index contributed by atoms with van der Waals surface area (Å²) >= 11 is 1.74. The molecule has 2 atom stereocenters. The van der Waals surface area contributed by atoms with Crippen molar-refractivity contribution < 1.29 is 4.79 Å². The van der Waals surface area contributed by atoms with Crippen LogP contribution in [0.5, 0.6) is 0 Å². The SMILES string of the molecule is O=C(NCCc1csc(N2CCCC2)n1)N1CC[C@@H]2CCCC[C@@H]21. The minimum Gasteiger partial charge on any atom is -0.348 e. The number of carbonyl (C=O) groups is 1. The van der Waals surface area contributed by atoms with Crippen LogP contribution < -0.4 is 10.2 Å². The van der Waals surface area contributed by atoms with Crippen LogP contribution in [0, 0.1) is 5.92 Å². The van der Waals surface area contributed by atoms with Gasteiger partial charge < -0.3 is 15.1 Å². The van der Waals surface area contributed by atoms with E-state index in [1.807, 2.05) is 0 Å². The predicted octanol–water partition coefficient (Wildman–Crippen LogP) is 3.26. The molecule has 0 radical (unpaired) electrons. The molecule has 0 bridgehead atoms. The maximum Gasteiger partial charge on any atom is 0.317 e. The van der Waals surface area contributed by atoms with E-state index in [0.717, 1.165) is 42.8 Å². The standard InChI is InChI=1S/C18H28N4OS/c23-17(22-12-8-14-5-1-2-6-16(14)22)19-9-7-15-13-24-18(20-15)21-10-3-4-11-21/h13-14,16H,1-12H2,(H,19,23)/t14-,16-/m0/s1. The number of likely N-dealkylation sites (tertiary alicyclic amines) is 1. The number of rotatable bonds is 4. The Bertz CT molecular complexity index is 569. The quantitative estimate of drug-likeness (QED) is 0.908. The number of hydrogen-bond acceptors (Lipinski definition) is 4. The second kappa shape index (κ2) is 7.30. The Hall–Kier alpha value is -1.30. The zero-order valence-corrected chi connectivity index (χ0v) is 15.2. The van der Waals surface area contributed by atoms with Crippen LogP contribution in [0.25, 0.3) is 0 Å². The van der Waals surface area contributed by atoms with Gasteiger partial charge in [0.15, 0.2) is 5.13 Å². The van der Waals surface area contributed by atoms with Gasteiger partial charge in [0.05, 0.1) is 5.69 Å². The molecular weight excluding hydrogens is 320 g/mol. The predicted molar refractivity (Wildman–Crippen MR) is 97.7 cm³/mol. The summed E-state index contributed by atoms with van der Waals surface area (Å²) in [6.07, 6.45) is 9.73. The van der Waals surface area contributed by atoms with E-state index in [1.165, 1.54) is 44.9 Å². The Morgan fingerprint density at radius 2 is 2.00 bits per heavy atom. The summed E-state index contributed by atoms with van der Waals surface area (Å²) in [6.45, 7) is 3.91. The van der Waals surface area contributed by atoms with E-state index < -0.39 is 0 Å². The van der Waals surface area contributed by atoms with Crippen LogP contribution in [-0.4, -0.2) is 48.1 Å². The van der Waals surface area contributed by atoms with E-state index in [0.29, 0.717) is 12.6 Å². The van der Waals surface area contributed by atoms with Crippen molar-refractivity contribution in [1.82, 2.24) is 15.2 Å². The molecule has 4 rings (SSSR count). The molecule has 1 aromatic rings. The summed E-state index contributed by atoms with van der Waals surface area (Å²) in [5.41, 5.74) is 1.11. The van der Waals surface area contributed by atoms with E-state index in [4.69, 9.17) is 4.98 Å². The van der Waals surface area contributed by atoms with E-state index in [9.17, 15) is 4.79 Å². The third-order valence-electron chi connectivity index (χ3n) is 5.84. The molecule has 2 aliphatic heterocycles. The molecule has 5 nitrogen and oxygen atoms in total. The summed E-state index contributed by atoms with van der Waals surface area (Å²) in [6, 6.07) is 0.638. The summed E-state index contributed by atoms with van der Waals surface area (Å²) in [5.74, 6) is 0.756. The van der Waals surface area contributed by atoms with Gasteiger partial charge in [-0.25, -0.2) is 9.78 Å². The molecule has 6 heteroatoms. The first-order chi connectivity index (χ1) is 11.8. The summed E-state index contributed by atoms with van der Waals surface area (Å²) in [7, 11) is 0. The number of carbonyl (C=O) groups excluding carboxylic acids is 1. The van der Waals surface area contributed by atoms with Crippen LogP contribution in [-0.2, 0) is 6.42 Å². The number of nitrogens with one attached hydrogen (secondary N) is 1. The lowest BCUT2D eigenvalue weighted by Crippen LogP contribution is -2.45. The normalized spacial score (nSPS) is 26.7. The summed E-state index contributed by atoms with van der Waals surface area (Å²) < 4.78 is 0. The zero-order chi connectivity index (χ0) is 16.4. The number of anilines is 1. The topological polar surface area (TPSA) is 48.5 Å². The highest BCUT2D eigenvalue weighted by Gasteiger charge is 2.37. The zero-order valence-electron chi connectivity index (χ0n) is 14.4. The molecule has 3 aliphatic rings. The van der Waals surface area contributed by atoms with Crippen LogP contribution in [0.1, 0.15) is 50.6 Å². The van der Waals surface area contributed by atoms with Crippen LogP contribution in [0.4, 0.5) is 9.93 Å². The average molecular weight is 349 g/mol. The van der Waals surface area contributed by atoms with Gasteiger partial charge in [0.25, 0.3) is 0 Å². The molecule has 132 valence electrons. The van der Waals surface area contributed by atoms with E-state index in [2.05, 4.69) is 20.5 Å². The number of thiazole rings is 1. The monoisotopic (exact) mass is 348 g/mol. The second-order valence-electron chi connectivity index (χ2n) is 7.39. The van der Waals surface area contributed by atoms with Crippen molar-refractivity contribution in [3.63, 3.8) is 0 Å². The van der Waals surface area contributed by atoms with Crippen LogP contribution >= 0.6 is 11.3 Å². The molecule has 0 aromatic carbocycles. The van der Waals surface area contributed by atoms with E-state index in [-0.39, 0.29) is 6.03 Å². The number of amides is 2. The van der Waals surface area contributed by atoms with Gasteiger partial charge in [0.1, 0.15) is 0 Å². The minimum absolute atomic E-state index is 0.138. The number of hydrogen-bond donors (Lipinski definition) is 1. The van der Waals surface area contributed by atoms with E-state index >= 15 is 0 Å². The Morgan fingerprint density at radius 1 is 1.17 bits per heavy atom. The lowest BCUT2D eigenvalue weighted by Gasteiger charge is -2.31. The van der Waals surface area contributed by atoms with Crippen molar-refractivity contribution >= 4 is 22.5 Å². The van der Waals surface area contributed by atoms with Gasteiger partial charge in [-0.05, 0) is 38.0 Å². The Kier molecular flexibility index (Phi) is 4.92. The molecule has 1 aromatic heterocycles. The smallest absolute Gasteiger partial charge is 0.317 e. The molecule has 24 heavy (non-hydrogen) atoms. The third-order valence-corrected chi connectivity index (χ3v) is 6.79. The fourth-order valence-electron chi connectivity index (χ4n) is 4.52. The number of fused-ring (bicyclic) bond motifs is 1. The second-order valence-corrected chi connectivity index (χ2v) is 8.23. The summed E-state index contributed by atoms with van der Waals surface area (Å²) in [4.78, 5) is 21.7. The van der Waals surface area contributed by atoms with Crippen LogP contribution in [0.3, 0.4) is 0 Å². The van der Waals surface area contributed by atoms with Gasteiger partial charge in [-0.2, -0.15) is 0 Å². The number of nitrogens with zero attached hydrogens (tertiary/aromatic N) is 3. The Labute approximate surface area is 148 Å².